The molecule has 0 saturated carbocycles. The highest BCUT2D eigenvalue weighted by molar-refractivity contribution is 5.04. The number of nitrogens with zero attached hydrogens (tertiary/aromatic N) is 3. The minimum absolute atomic E-state index is 0.123. The van der Waals surface area contributed by atoms with E-state index in [1.165, 1.54) is 43.2 Å². The van der Waals surface area contributed by atoms with Crippen molar-refractivity contribution in [1.82, 2.24) is 24.2 Å². The van der Waals surface area contributed by atoms with Crippen molar-refractivity contribution in [1.29, 1.82) is 0 Å². The van der Waals surface area contributed by atoms with E-state index >= 15 is 0 Å². The summed E-state index contributed by atoms with van der Waals surface area (Å²) in [6, 6.07) is 0. The number of ether oxygens (including phenoxy) is 4. The molecule has 2 aromatic heterocycles. The number of hydrogen-bond acceptors (Lipinski definition) is 12. The predicted octanol–water partition coefficient (Wildman–Crippen LogP) is -2.64. The lowest BCUT2D eigenvalue weighted by atomic mass is 9.98. The summed E-state index contributed by atoms with van der Waals surface area (Å²) in [7, 11) is 4.45. The van der Waals surface area contributed by atoms with Crippen molar-refractivity contribution in [2.45, 2.75) is 56.8 Å². The van der Waals surface area contributed by atoms with Crippen molar-refractivity contribution < 1.29 is 34.0 Å². The molecular weight excluding hydrogens is 534 g/mol. The number of H-pyrrole nitrogens is 2. The van der Waals surface area contributed by atoms with Crippen molar-refractivity contribution >= 4 is 0 Å². The summed E-state index contributed by atoms with van der Waals surface area (Å²) in [6.45, 7) is 2.80. The van der Waals surface area contributed by atoms with Crippen LogP contribution in [0.15, 0.2) is 31.6 Å². The number of aromatic nitrogens is 4. The third-order valence-corrected chi connectivity index (χ3v) is 7.30. The molecule has 4 heterocycles. The van der Waals surface area contributed by atoms with Crippen LogP contribution in [0.2, 0.25) is 0 Å². The van der Waals surface area contributed by atoms with Crippen LogP contribution in [0, 0.1) is 19.8 Å². The largest absolute Gasteiger partial charge is 0.394 e. The van der Waals surface area contributed by atoms with E-state index < -0.39 is 71.4 Å². The zero-order chi connectivity index (χ0) is 29.3. The lowest BCUT2D eigenvalue weighted by molar-refractivity contribution is -0.189. The van der Waals surface area contributed by atoms with Gasteiger partial charge in [-0.2, -0.15) is 5.06 Å². The molecule has 16 heteroatoms. The third-order valence-electron chi connectivity index (χ3n) is 7.30. The maximum Gasteiger partial charge on any atom is 0.330 e. The van der Waals surface area contributed by atoms with Crippen LogP contribution in [0.4, 0.5) is 0 Å². The van der Waals surface area contributed by atoms with E-state index in [1.54, 1.807) is 14.0 Å². The lowest BCUT2D eigenvalue weighted by Gasteiger charge is -2.28. The SMILES string of the molecule is CO[C@@H]1[C@H](O)[C@@H](CON(C)C[C@H]2[C@@H](OC)[C@H](n3cc(C)c(=O)[nH]c3=O)O[C@@H]2CO)O[C@H]1n1cc(C)c(=O)[nH]c1=O. The monoisotopic (exact) mass is 569 g/mol. The molecule has 2 saturated heterocycles. The Labute approximate surface area is 227 Å². The standard InChI is InChI=1S/C24H35N5O11/c1-11-6-28(23(34)25-19(11)32)21-17(36-4)13(14(9-30)39-21)8-27(3)38-10-15-16(31)18(37-5)22(40-15)29-7-12(2)20(33)26-24(29)35/h6-7,13-18,21-22,30-31H,8-10H2,1-5H3,(H,25,32,34)(H,26,33,35)/t13-,14-,15-,16-,17-,18-,21-,22-/m1/s1. The maximum absolute atomic E-state index is 12.5. The predicted molar refractivity (Wildman–Crippen MR) is 137 cm³/mol. The fourth-order valence-electron chi connectivity index (χ4n) is 5.13. The molecular formula is C24H35N5O11. The second-order valence-electron chi connectivity index (χ2n) is 9.93. The van der Waals surface area contributed by atoms with Gasteiger partial charge >= 0.3 is 11.4 Å². The first-order valence-electron chi connectivity index (χ1n) is 12.6. The van der Waals surface area contributed by atoms with Crippen LogP contribution in [0.25, 0.3) is 0 Å². The molecule has 2 aliphatic rings. The first-order valence-corrected chi connectivity index (χ1v) is 12.6. The van der Waals surface area contributed by atoms with Crippen LogP contribution < -0.4 is 22.5 Å². The molecule has 2 aliphatic heterocycles. The summed E-state index contributed by atoms with van der Waals surface area (Å²) < 4.78 is 25.3. The van der Waals surface area contributed by atoms with Gasteiger partial charge in [-0.25, -0.2) is 9.59 Å². The molecule has 0 radical (unpaired) electrons. The second kappa shape index (κ2) is 12.3. The topological polar surface area (TPSA) is 200 Å². The van der Waals surface area contributed by atoms with Gasteiger partial charge in [-0.3, -0.25) is 33.5 Å². The number of aromatic amines is 2. The van der Waals surface area contributed by atoms with Crippen LogP contribution >= 0.6 is 0 Å². The van der Waals surface area contributed by atoms with E-state index in [0.29, 0.717) is 5.56 Å². The molecule has 2 aromatic rings. The molecule has 4 N–H and O–H groups in total. The van der Waals surface area contributed by atoms with Gasteiger partial charge in [-0.05, 0) is 13.8 Å². The van der Waals surface area contributed by atoms with E-state index in [2.05, 4.69) is 9.97 Å². The van der Waals surface area contributed by atoms with E-state index in [-0.39, 0.29) is 25.3 Å². The van der Waals surface area contributed by atoms with Crippen molar-refractivity contribution in [2.75, 3.05) is 41.0 Å². The average molecular weight is 570 g/mol. The van der Waals surface area contributed by atoms with E-state index in [4.69, 9.17) is 23.8 Å². The fraction of sp³-hybridized carbons (Fsp3) is 0.667. The van der Waals surface area contributed by atoms with Gasteiger partial charge < -0.3 is 29.2 Å². The summed E-state index contributed by atoms with van der Waals surface area (Å²) in [5.74, 6) is -0.458. The molecule has 4 rings (SSSR count). The quantitative estimate of drug-likeness (QED) is 0.217. The van der Waals surface area contributed by atoms with Crippen LogP contribution in [-0.2, 0) is 23.8 Å². The Morgan fingerprint density at radius 2 is 1.40 bits per heavy atom. The first-order chi connectivity index (χ1) is 19.0. The lowest BCUT2D eigenvalue weighted by Crippen LogP contribution is -2.42. The molecule has 0 spiro atoms. The Bertz CT molecular complexity index is 1420. The van der Waals surface area contributed by atoms with E-state index in [0.717, 1.165) is 4.57 Å². The van der Waals surface area contributed by atoms with Crippen LogP contribution in [0.5, 0.6) is 0 Å². The summed E-state index contributed by atoms with van der Waals surface area (Å²) in [6.07, 6.45) is -3.57. The summed E-state index contributed by atoms with van der Waals surface area (Å²) in [5.41, 5.74) is -1.81. The van der Waals surface area contributed by atoms with Gasteiger partial charge in [0.05, 0.1) is 19.3 Å². The van der Waals surface area contributed by atoms with Gasteiger partial charge in [0.25, 0.3) is 11.1 Å². The number of methoxy groups -OCH3 is 2. The van der Waals surface area contributed by atoms with Crippen LogP contribution in [-0.4, -0.2) is 106 Å². The van der Waals surface area contributed by atoms with Crippen molar-refractivity contribution in [3.8, 4) is 0 Å². The zero-order valence-corrected chi connectivity index (χ0v) is 22.8. The average Bonchev–Trinajstić information content (AvgIpc) is 3.42. The molecule has 0 bridgehead atoms. The Hall–Kier alpha value is -2.96. The summed E-state index contributed by atoms with van der Waals surface area (Å²) in [5, 5.41) is 22.3. The number of hydroxylamine groups is 2. The Morgan fingerprint density at radius 1 is 0.900 bits per heavy atom. The first kappa shape index (κ1) is 30.0. The number of aliphatic hydroxyl groups excluding tert-OH is 2. The molecule has 0 aliphatic carbocycles. The molecule has 0 unspecified atom stereocenters. The highest BCUT2D eigenvalue weighted by Gasteiger charge is 2.48. The van der Waals surface area contributed by atoms with Gasteiger partial charge in [0.1, 0.15) is 24.4 Å². The highest BCUT2D eigenvalue weighted by Crippen LogP contribution is 2.36. The number of rotatable bonds is 10. The van der Waals surface area contributed by atoms with E-state index in [1.807, 2.05) is 0 Å². The molecule has 222 valence electrons. The number of hydrogen-bond donors (Lipinski definition) is 4. The number of aliphatic hydroxyl groups is 2. The summed E-state index contributed by atoms with van der Waals surface area (Å²) in [4.78, 5) is 58.7. The minimum atomic E-state index is -1.16. The third kappa shape index (κ3) is 5.75. The van der Waals surface area contributed by atoms with Gasteiger partial charge in [-0.15, -0.1) is 0 Å². The van der Waals surface area contributed by atoms with Crippen LogP contribution in [0.3, 0.4) is 0 Å². The highest BCUT2D eigenvalue weighted by atomic mass is 16.7. The molecule has 2 fully saturated rings. The second-order valence-corrected chi connectivity index (χ2v) is 9.93. The van der Waals surface area contributed by atoms with Crippen LogP contribution in [0.1, 0.15) is 23.6 Å². The fourth-order valence-corrected chi connectivity index (χ4v) is 5.13. The number of nitrogens with one attached hydrogen (secondary N) is 2. The van der Waals surface area contributed by atoms with Gasteiger partial charge in [-0.1, -0.05) is 0 Å². The van der Waals surface area contributed by atoms with Gasteiger partial charge in [0.15, 0.2) is 12.5 Å². The molecule has 0 amide bonds. The van der Waals surface area contributed by atoms with Crippen molar-refractivity contribution in [3.63, 3.8) is 0 Å². The zero-order valence-electron chi connectivity index (χ0n) is 22.8. The normalized spacial score (nSPS) is 30.4. The minimum Gasteiger partial charge on any atom is -0.394 e. The summed E-state index contributed by atoms with van der Waals surface area (Å²) >= 11 is 0. The van der Waals surface area contributed by atoms with E-state index in [9.17, 15) is 29.4 Å². The van der Waals surface area contributed by atoms with Crippen molar-refractivity contribution in [2.24, 2.45) is 5.92 Å². The maximum atomic E-state index is 12.5. The van der Waals surface area contributed by atoms with Crippen molar-refractivity contribution in [3.05, 3.63) is 65.2 Å². The molecule has 40 heavy (non-hydrogen) atoms. The Morgan fingerprint density at radius 3 is 1.90 bits per heavy atom. The molecule has 8 atom stereocenters. The molecule has 0 aromatic carbocycles. The van der Waals surface area contributed by atoms with Gasteiger partial charge in [0.2, 0.25) is 0 Å². The van der Waals surface area contributed by atoms with Gasteiger partial charge in [0, 0.05) is 57.3 Å². The smallest absolute Gasteiger partial charge is 0.330 e. The Kier molecular flexibility index (Phi) is 9.21. The Balaban J connectivity index is 1.45. The molecule has 16 nitrogen and oxygen atoms in total. The number of aryl methyl sites for hydroxylation is 2.